The van der Waals surface area contributed by atoms with Crippen molar-refractivity contribution in [1.82, 2.24) is 14.9 Å². The van der Waals surface area contributed by atoms with Crippen LogP contribution in [-0.2, 0) is 6.54 Å². The Hall–Kier alpha value is -1.46. The molecular weight excluding hydrogens is 292 g/mol. The summed E-state index contributed by atoms with van der Waals surface area (Å²) < 4.78 is 0. The highest BCUT2D eigenvalue weighted by molar-refractivity contribution is 7.15. The predicted molar refractivity (Wildman–Crippen MR) is 92.5 cm³/mol. The number of nitrogens with zero attached hydrogens (tertiary/aromatic N) is 4. The lowest BCUT2D eigenvalue weighted by molar-refractivity contribution is 0.246. The molecule has 1 unspecified atom stereocenters. The average Bonchev–Trinajstić information content (AvgIpc) is 3.07. The van der Waals surface area contributed by atoms with E-state index in [-0.39, 0.29) is 0 Å². The Bertz CT molecular complexity index is 650. The van der Waals surface area contributed by atoms with Gasteiger partial charge in [0, 0.05) is 31.2 Å². The molecule has 2 aromatic rings. The molecule has 3 rings (SSSR count). The number of aromatic nitrogens is 2. The summed E-state index contributed by atoms with van der Waals surface area (Å²) in [7, 11) is 4.11. The predicted octanol–water partition coefficient (Wildman–Crippen LogP) is 3.56. The Morgan fingerprint density at radius 1 is 1.27 bits per heavy atom. The maximum Gasteiger partial charge on any atom is 0.185 e. The SMILES string of the molecule is Cc1cccc(C2CCCN2Cc2sc(N(C)C)nc2C)n1. The maximum atomic E-state index is 4.74. The molecule has 0 radical (unpaired) electrons. The normalized spacial score (nSPS) is 18.8. The first-order valence-corrected chi connectivity index (χ1v) is 8.67. The molecule has 2 aromatic heterocycles. The monoisotopic (exact) mass is 316 g/mol. The van der Waals surface area contributed by atoms with Crippen molar-refractivity contribution >= 4 is 16.5 Å². The summed E-state index contributed by atoms with van der Waals surface area (Å²) in [5.74, 6) is 0. The van der Waals surface area contributed by atoms with E-state index in [4.69, 9.17) is 4.98 Å². The average molecular weight is 316 g/mol. The van der Waals surface area contributed by atoms with Gasteiger partial charge in [0.05, 0.1) is 17.4 Å². The number of pyridine rings is 1. The number of hydrogen-bond donors (Lipinski definition) is 0. The molecule has 118 valence electrons. The highest BCUT2D eigenvalue weighted by Crippen LogP contribution is 2.34. The summed E-state index contributed by atoms with van der Waals surface area (Å²) in [4.78, 5) is 15.4. The molecule has 0 aromatic carbocycles. The molecule has 22 heavy (non-hydrogen) atoms. The van der Waals surface area contributed by atoms with Gasteiger partial charge in [-0.3, -0.25) is 9.88 Å². The molecule has 1 aliphatic rings. The standard InChI is InChI=1S/C17H24N4S/c1-12-7-5-8-14(18-12)15-9-6-10-21(15)11-16-13(2)19-17(22-16)20(3)4/h5,7-8,15H,6,9-11H2,1-4H3. The third-order valence-electron chi connectivity index (χ3n) is 4.23. The van der Waals surface area contributed by atoms with Gasteiger partial charge in [0.1, 0.15) is 0 Å². The summed E-state index contributed by atoms with van der Waals surface area (Å²) in [6.45, 7) is 6.32. The van der Waals surface area contributed by atoms with Crippen LogP contribution in [0.15, 0.2) is 18.2 Å². The van der Waals surface area contributed by atoms with E-state index in [2.05, 4.69) is 60.9 Å². The summed E-state index contributed by atoms with van der Waals surface area (Å²) in [5.41, 5.74) is 3.48. The highest BCUT2D eigenvalue weighted by Gasteiger charge is 2.28. The quantitative estimate of drug-likeness (QED) is 0.863. The van der Waals surface area contributed by atoms with Crippen molar-refractivity contribution in [3.63, 3.8) is 0 Å². The zero-order valence-electron chi connectivity index (χ0n) is 13.8. The first kappa shape index (κ1) is 15.4. The molecule has 3 heterocycles. The first-order chi connectivity index (χ1) is 10.5. The third-order valence-corrected chi connectivity index (χ3v) is 5.54. The molecule has 1 atom stereocenters. The molecule has 5 heteroatoms. The Kier molecular flexibility index (Phi) is 4.45. The molecule has 0 aliphatic carbocycles. The molecule has 1 saturated heterocycles. The second-order valence-corrected chi connectivity index (χ2v) is 7.29. The Morgan fingerprint density at radius 3 is 2.77 bits per heavy atom. The van der Waals surface area contributed by atoms with Crippen molar-refractivity contribution in [2.45, 2.75) is 39.3 Å². The minimum absolute atomic E-state index is 0.448. The molecule has 0 saturated carbocycles. The molecular formula is C17H24N4S. The van der Waals surface area contributed by atoms with Crippen LogP contribution in [0.25, 0.3) is 0 Å². The molecule has 4 nitrogen and oxygen atoms in total. The van der Waals surface area contributed by atoms with E-state index in [0.717, 1.165) is 29.6 Å². The van der Waals surface area contributed by atoms with E-state index in [0.29, 0.717) is 6.04 Å². The fourth-order valence-corrected chi connectivity index (χ4v) is 4.04. The largest absolute Gasteiger partial charge is 0.354 e. The van der Waals surface area contributed by atoms with Crippen LogP contribution >= 0.6 is 11.3 Å². The number of likely N-dealkylation sites (tertiary alicyclic amines) is 1. The Morgan fingerprint density at radius 2 is 2.09 bits per heavy atom. The smallest absolute Gasteiger partial charge is 0.185 e. The van der Waals surface area contributed by atoms with Crippen LogP contribution in [0.2, 0.25) is 0 Å². The molecule has 0 bridgehead atoms. The van der Waals surface area contributed by atoms with E-state index in [1.807, 2.05) is 11.3 Å². The van der Waals surface area contributed by atoms with E-state index >= 15 is 0 Å². The van der Waals surface area contributed by atoms with Crippen molar-refractivity contribution in [2.24, 2.45) is 0 Å². The van der Waals surface area contributed by atoms with E-state index in [1.165, 1.54) is 23.4 Å². The van der Waals surface area contributed by atoms with Crippen LogP contribution in [0.3, 0.4) is 0 Å². The zero-order chi connectivity index (χ0) is 15.7. The zero-order valence-corrected chi connectivity index (χ0v) is 14.7. The molecule has 0 amide bonds. The number of thiazole rings is 1. The van der Waals surface area contributed by atoms with Crippen molar-refractivity contribution in [3.8, 4) is 0 Å². The minimum atomic E-state index is 0.448. The van der Waals surface area contributed by atoms with Gasteiger partial charge in [-0.05, 0) is 45.4 Å². The van der Waals surface area contributed by atoms with E-state index in [1.54, 1.807) is 0 Å². The van der Waals surface area contributed by atoms with E-state index < -0.39 is 0 Å². The maximum absolute atomic E-state index is 4.74. The number of aryl methyl sites for hydroxylation is 2. The van der Waals surface area contributed by atoms with E-state index in [9.17, 15) is 0 Å². The fraction of sp³-hybridized carbons (Fsp3) is 0.529. The van der Waals surface area contributed by atoms with Gasteiger partial charge in [-0.25, -0.2) is 4.98 Å². The van der Waals surface area contributed by atoms with Gasteiger partial charge in [0.25, 0.3) is 0 Å². The summed E-state index contributed by atoms with van der Waals surface area (Å²) in [5, 5.41) is 1.09. The van der Waals surface area contributed by atoms with Crippen molar-refractivity contribution in [3.05, 3.63) is 40.2 Å². The van der Waals surface area contributed by atoms with Crippen molar-refractivity contribution in [1.29, 1.82) is 0 Å². The molecule has 0 N–H and O–H groups in total. The number of anilines is 1. The van der Waals surface area contributed by atoms with Crippen LogP contribution in [0.1, 0.15) is 40.8 Å². The summed E-state index contributed by atoms with van der Waals surface area (Å²) in [6.07, 6.45) is 2.45. The fourth-order valence-electron chi connectivity index (χ4n) is 3.04. The highest BCUT2D eigenvalue weighted by atomic mass is 32.1. The first-order valence-electron chi connectivity index (χ1n) is 7.86. The lowest BCUT2D eigenvalue weighted by atomic mass is 10.1. The summed E-state index contributed by atoms with van der Waals surface area (Å²) in [6, 6.07) is 6.81. The number of hydrogen-bond acceptors (Lipinski definition) is 5. The van der Waals surface area contributed by atoms with Gasteiger partial charge < -0.3 is 4.90 Å². The minimum Gasteiger partial charge on any atom is -0.354 e. The molecule has 1 fully saturated rings. The van der Waals surface area contributed by atoms with Gasteiger partial charge in [0.15, 0.2) is 5.13 Å². The van der Waals surface area contributed by atoms with Crippen LogP contribution in [0.5, 0.6) is 0 Å². The second-order valence-electron chi connectivity index (χ2n) is 6.23. The van der Waals surface area contributed by atoms with Crippen LogP contribution in [0, 0.1) is 13.8 Å². The van der Waals surface area contributed by atoms with Crippen LogP contribution in [0.4, 0.5) is 5.13 Å². The topological polar surface area (TPSA) is 32.3 Å². The third kappa shape index (κ3) is 3.15. The van der Waals surface area contributed by atoms with Crippen molar-refractivity contribution < 1.29 is 0 Å². The summed E-state index contributed by atoms with van der Waals surface area (Å²) >= 11 is 1.81. The molecule has 1 aliphatic heterocycles. The number of rotatable bonds is 4. The van der Waals surface area contributed by atoms with Gasteiger partial charge >= 0.3 is 0 Å². The van der Waals surface area contributed by atoms with Crippen molar-refractivity contribution in [2.75, 3.05) is 25.5 Å². The lowest BCUT2D eigenvalue weighted by Gasteiger charge is -2.23. The van der Waals surface area contributed by atoms with Gasteiger partial charge in [-0.2, -0.15) is 0 Å². The van der Waals surface area contributed by atoms with Gasteiger partial charge in [-0.1, -0.05) is 6.07 Å². The lowest BCUT2D eigenvalue weighted by Crippen LogP contribution is -2.23. The Labute approximate surface area is 136 Å². The van der Waals surface area contributed by atoms with Crippen LogP contribution < -0.4 is 4.90 Å². The second kappa shape index (κ2) is 6.34. The molecule has 0 spiro atoms. The van der Waals surface area contributed by atoms with Gasteiger partial charge in [-0.15, -0.1) is 11.3 Å². The van der Waals surface area contributed by atoms with Crippen LogP contribution in [-0.4, -0.2) is 35.5 Å². The Balaban J connectivity index is 1.79. The van der Waals surface area contributed by atoms with Gasteiger partial charge in [0.2, 0.25) is 0 Å².